The highest BCUT2D eigenvalue weighted by Gasteiger charge is 1.93. The Bertz CT molecular complexity index is 269. The number of aryl methyl sites for hydroxylation is 1. The molecule has 1 aromatic rings. The molecule has 0 aromatic heterocycles. The molecule has 0 aliphatic rings. The van der Waals surface area contributed by atoms with Gasteiger partial charge in [0.25, 0.3) is 0 Å². The summed E-state index contributed by atoms with van der Waals surface area (Å²) in [5.74, 6) is 0. The fraction of sp³-hybridized carbons (Fsp3) is 0.571. The van der Waals surface area contributed by atoms with Gasteiger partial charge in [-0.05, 0) is 24.0 Å². The molecule has 1 rings (SSSR count). The van der Waals surface area contributed by atoms with E-state index in [2.05, 4.69) is 43.4 Å². The molecule has 0 heterocycles. The predicted octanol–water partition coefficient (Wildman–Crippen LogP) is 2.77. The van der Waals surface area contributed by atoms with Crippen molar-refractivity contribution in [2.45, 2.75) is 33.2 Å². The van der Waals surface area contributed by atoms with Crippen LogP contribution in [0, 0.1) is 0 Å². The summed E-state index contributed by atoms with van der Waals surface area (Å²) in [6.07, 6.45) is 2.21. The Morgan fingerprint density at radius 1 is 1.00 bits per heavy atom. The highest BCUT2D eigenvalue weighted by Crippen LogP contribution is 2.04. The van der Waals surface area contributed by atoms with Gasteiger partial charge in [-0.1, -0.05) is 38.1 Å². The third-order valence-electron chi connectivity index (χ3n) is 2.53. The molecule has 0 bridgehead atoms. The smallest absolute Gasteiger partial charge is 0.0591 e. The highest BCUT2D eigenvalue weighted by atomic mass is 16.5. The molecule has 0 fully saturated rings. The Morgan fingerprint density at radius 3 is 2.31 bits per heavy atom. The maximum absolute atomic E-state index is 5.39. The molecule has 0 unspecified atom stereocenters. The van der Waals surface area contributed by atoms with Crippen molar-refractivity contribution in [2.24, 2.45) is 0 Å². The first-order valence-corrected chi connectivity index (χ1v) is 6.23. The van der Waals surface area contributed by atoms with Crippen LogP contribution in [0.1, 0.15) is 31.4 Å². The number of hydrogen-bond donors (Lipinski definition) is 1. The Morgan fingerprint density at radius 2 is 1.69 bits per heavy atom. The van der Waals surface area contributed by atoms with Crippen LogP contribution in [0.2, 0.25) is 0 Å². The lowest BCUT2D eigenvalue weighted by Crippen LogP contribution is -2.19. The molecule has 90 valence electrons. The van der Waals surface area contributed by atoms with Crippen molar-refractivity contribution in [3.05, 3.63) is 35.4 Å². The Kier molecular flexibility index (Phi) is 6.86. The molecule has 0 radical (unpaired) electrons. The quantitative estimate of drug-likeness (QED) is 0.682. The summed E-state index contributed by atoms with van der Waals surface area (Å²) in [5.41, 5.74) is 2.74. The summed E-state index contributed by atoms with van der Waals surface area (Å²) in [4.78, 5) is 0. The first-order chi connectivity index (χ1) is 7.86. The number of ether oxygens (including phenoxy) is 1. The van der Waals surface area contributed by atoms with Crippen LogP contribution in [0.4, 0.5) is 0 Å². The SMILES string of the molecule is CCCOCCNCc1ccc(CC)cc1. The molecule has 16 heavy (non-hydrogen) atoms. The molecule has 1 N–H and O–H groups in total. The molecule has 0 aliphatic heterocycles. The second-order valence-corrected chi connectivity index (χ2v) is 3.96. The molecule has 0 saturated heterocycles. The second-order valence-electron chi connectivity index (χ2n) is 3.96. The van der Waals surface area contributed by atoms with Gasteiger partial charge < -0.3 is 10.1 Å². The first kappa shape index (κ1) is 13.2. The van der Waals surface area contributed by atoms with E-state index in [-0.39, 0.29) is 0 Å². The van der Waals surface area contributed by atoms with Gasteiger partial charge in [0.15, 0.2) is 0 Å². The standard InChI is InChI=1S/C14H23NO/c1-3-10-16-11-9-15-12-14-7-5-13(4-2)6-8-14/h5-8,15H,3-4,9-12H2,1-2H3. The van der Waals surface area contributed by atoms with Crippen molar-refractivity contribution in [3.8, 4) is 0 Å². The van der Waals surface area contributed by atoms with Crippen molar-refractivity contribution in [2.75, 3.05) is 19.8 Å². The highest BCUT2D eigenvalue weighted by molar-refractivity contribution is 5.22. The third kappa shape index (κ3) is 5.29. The van der Waals surface area contributed by atoms with Gasteiger partial charge in [-0.2, -0.15) is 0 Å². The Balaban J connectivity index is 2.12. The normalized spacial score (nSPS) is 10.6. The van der Waals surface area contributed by atoms with Gasteiger partial charge in [-0.25, -0.2) is 0 Å². The van der Waals surface area contributed by atoms with Crippen LogP contribution in [0.3, 0.4) is 0 Å². The van der Waals surface area contributed by atoms with Crippen molar-refractivity contribution in [1.29, 1.82) is 0 Å². The minimum absolute atomic E-state index is 0.806. The van der Waals surface area contributed by atoms with E-state index in [0.29, 0.717) is 0 Å². The maximum atomic E-state index is 5.39. The monoisotopic (exact) mass is 221 g/mol. The van der Waals surface area contributed by atoms with E-state index < -0.39 is 0 Å². The van der Waals surface area contributed by atoms with E-state index in [0.717, 1.165) is 39.1 Å². The molecular formula is C14H23NO. The lowest BCUT2D eigenvalue weighted by molar-refractivity contribution is 0.136. The average Bonchev–Trinajstić information content (AvgIpc) is 2.34. The molecule has 0 spiro atoms. The molecule has 0 amide bonds. The van der Waals surface area contributed by atoms with Gasteiger partial charge in [-0.3, -0.25) is 0 Å². The summed E-state index contributed by atoms with van der Waals surface area (Å²) in [6, 6.07) is 8.78. The van der Waals surface area contributed by atoms with Crippen molar-refractivity contribution in [3.63, 3.8) is 0 Å². The van der Waals surface area contributed by atoms with Crippen LogP contribution in [0.5, 0.6) is 0 Å². The molecule has 0 aliphatic carbocycles. The van der Waals surface area contributed by atoms with Crippen molar-refractivity contribution < 1.29 is 4.74 Å². The van der Waals surface area contributed by atoms with Gasteiger partial charge in [0.2, 0.25) is 0 Å². The van der Waals surface area contributed by atoms with Crippen molar-refractivity contribution >= 4 is 0 Å². The zero-order valence-electron chi connectivity index (χ0n) is 10.5. The van der Waals surface area contributed by atoms with Gasteiger partial charge in [-0.15, -0.1) is 0 Å². The first-order valence-electron chi connectivity index (χ1n) is 6.23. The molecule has 1 aromatic carbocycles. The summed E-state index contributed by atoms with van der Waals surface area (Å²) >= 11 is 0. The van der Waals surface area contributed by atoms with Crippen LogP contribution in [0.25, 0.3) is 0 Å². The predicted molar refractivity (Wildman–Crippen MR) is 68.6 cm³/mol. The van der Waals surface area contributed by atoms with Gasteiger partial charge in [0, 0.05) is 19.7 Å². The molecule has 0 saturated carbocycles. The fourth-order valence-electron chi connectivity index (χ4n) is 1.52. The topological polar surface area (TPSA) is 21.3 Å². The van der Waals surface area contributed by atoms with Crippen LogP contribution >= 0.6 is 0 Å². The van der Waals surface area contributed by atoms with Crippen LogP contribution in [-0.2, 0) is 17.7 Å². The number of benzene rings is 1. The fourth-order valence-corrected chi connectivity index (χ4v) is 1.52. The van der Waals surface area contributed by atoms with Crippen LogP contribution in [0.15, 0.2) is 24.3 Å². The molecule has 2 heteroatoms. The van der Waals surface area contributed by atoms with E-state index in [1.807, 2.05) is 0 Å². The number of nitrogens with one attached hydrogen (secondary N) is 1. The minimum atomic E-state index is 0.806. The van der Waals surface area contributed by atoms with Gasteiger partial charge >= 0.3 is 0 Å². The van der Waals surface area contributed by atoms with E-state index in [1.165, 1.54) is 11.1 Å². The van der Waals surface area contributed by atoms with Gasteiger partial charge in [0.1, 0.15) is 0 Å². The van der Waals surface area contributed by atoms with E-state index in [1.54, 1.807) is 0 Å². The lowest BCUT2D eigenvalue weighted by Gasteiger charge is -2.06. The zero-order valence-corrected chi connectivity index (χ0v) is 10.5. The zero-order chi connectivity index (χ0) is 11.6. The molecule has 2 nitrogen and oxygen atoms in total. The van der Waals surface area contributed by atoms with Crippen LogP contribution < -0.4 is 5.32 Å². The summed E-state index contributed by atoms with van der Waals surface area (Å²) < 4.78 is 5.39. The Hall–Kier alpha value is -0.860. The lowest BCUT2D eigenvalue weighted by atomic mass is 10.1. The molecule has 0 atom stereocenters. The third-order valence-corrected chi connectivity index (χ3v) is 2.53. The average molecular weight is 221 g/mol. The van der Waals surface area contributed by atoms with Crippen molar-refractivity contribution in [1.82, 2.24) is 5.32 Å². The number of hydrogen-bond acceptors (Lipinski definition) is 2. The van der Waals surface area contributed by atoms with Gasteiger partial charge in [0.05, 0.1) is 6.61 Å². The maximum Gasteiger partial charge on any atom is 0.0591 e. The summed E-state index contributed by atoms with van der Waals surface area (Å²) in [7, 11) is 0. The van der Waals surface area contributed by atoms with E-state index in [4.69, 9.17) is 4.74 Å². The minimum Gasteiger partial charge on any atom is -0.380 e. The largest absolute Gasteiger partial charge is 0.380 e. The molecular weight excluding hydrogens is 198 g/mol. The summed E-state index contributed by atoms with van der Waals surface area (Å²) in [6.45, 7) is 7.84. The van der Waals surface area contributed by atoms with Crippen LogP contribution in [-0.4, -0.2) is 19.8 Å². The Labute approximate surface area is 99.0 Å². The van der Waals surface area contributed by atoms with E-state index in [9.17, 15) is 0 Å². The number of rotatable bonds is 8. The second kappa shape index (κ2) is 8.31. The summed E-state index contributed by atoms with van der Waals surface area (Å²) in [5, 5.41) is 3.37. The van der Waals surface area contributed by atoms with E-state index >= 15 is 0 Å².